The van der Waals surface area contributed by atoms with E-state index in [1.165, 1.54) is 7.11 Å². The summed E-state index contributed by atoms with van der Waals surface area (Å²) in [7, 11) is 1.32. The molecule has 29 heavy (non-hydrogen) atoms. The zero-order valence-electron chi connectivity index (χ0n) is 16.8. The Kier molecular flexibility index (Phi) is 6.44. The molecule has 0 unspecified atom stereocenters. The number of carbonyl (C=O) groups excluding carboxylic acids is 2. The fraction of sp³-hybridized carbons (Fsp3) is 0.261. The highest BCUT2D eigenvalue weighted by atomic mass is 16.5. The normalized spacial score (nSPS) is 11.9. The molecular weight excluding hydrogens is 366 g/mol. The standard InChI is InChI=1S/C23H25N3O3/c1-16(2)14-20(23(28)29-3)24-22(27)19-15-26(18-12-8-5-9-13-18)25-21(19)17-10-6-4-7-11-17/h4-13,15-16,20H,14H2,1-3H3,(H,24,27)/t20-/m1/s1. The quantitative estimate of drug-likeness (QED) is 0.621. The maximum absolute atomic E-state index is 13.1. The minimum absolute atomic E-state index is 0.222. The number of benzene rings is 2. The van der Waals surface area contributed by atoms with Crippen LogP contribution in [0.15, 0.2) is 66.9 Å². The van der Waals surface area contributed by atoms with Gasteiger partial charge in [-0.1, -0.05) is 62.4 Å². The number of esters is 1. The molecule has 150 valence electrons. The summed E-state index contributed by atoms with van der Waals surface area (Å²) in [5.74, 6) is -0.592. The number of ether oxygens (including phenoxy) is 1. The molecule has 1 aromatic heterocycles. The summed E-state index contributed by atoms with van der Waals surface area (Å²) in [5, 5.41) is 7.47. The summed E-state index contributed by atoms with van der Waals surface area (Å²) in [4.78, 5) is 25.3. The second kappa shape index (κ2) is 9.19. The molecule has 0 saturated heterocycles. The Morgan fingerprint density at radius 2 is 1.66 bits per heavy atom. The molecule has 1 heterocycles. The average molecular weight is 391 g/mol. The van der Waals surface area contributed by atoms with Crippen LogP contribution < -0.4 is 5.32 Å². The molecule has 6 nitrogen and oxygen atoms in total. The van der Waals surface area contributed by atoms with Crippen LogP contribution >= 0.6 is 0 Å². The van der Waals surface area contributed by atoms with Crippen LogP contribution in [0.3, 0.4) is 0 Å². The van der Waals surface area contributed by atoms with Crippen molar-refractivity contribution in [2.24, 2.45) is 5.92 Å². The van der Waals surface area contributed by atoms with E-state index in [4.69, 9.17) is 4.74 Å². The third-order valence-corrected chi connectivity index (χ3v) is 4.52. The Hall–Kier alpha value is -3.41. The molecule has 0 spiro atoms. The number of hydrogen-bond donors (Lipinski definition) is 1. The third-order valence-electron chi connectivity index (χ3n) is 4.52. The van der Waals surface area contributed by atoms with Crippen LogP contribution in [0.25, 0.3) is 16.9 Å². The molecule has 1 amide bonds. The molecule has 0 bridgehead atoms. The number of methoxy groups -OCH3 is 1. The number of hydrogen-bond acceptors (Lipinski definition) is 4. The maximum Gasteiger partial charge on any atom is 0.328 e. The van der Waals surface area contributed by atoms with Crippen molar-refractivity contribution in [3.8, 4) is 16.9 Å². The molecular formula is C23H25N3O3. The van der Waals surface area contributed by atoms with Gasteiger partial charge in [0.2, 0.25) is 0 Å². The van der Waals surface area contributed by atoms with E-state index in [0.717, 1.165) is 11.3 Å². The van der Waals surface area contributed by atoms with Crippen LogP contribution in [0.1, 0.15) is 30.6 Å². The van der Waals surface area contributed by atoms with Gasteiger partial charge in [-0.3, -0.25) is 4.79 Å². The molecule has 0 aliphatic rings. The monoisotopic (exact) mass is 391 g/mol. The van der Waals surface area contributed by atoms with E-state index in [1.807, 2.05) is 74.5 Å². The first-order chi connectivity index (χ1) is 14.0. The molecule has 0 saturated carbocycles. The second-order valence-corrected chi connectivity index (χ2v) is 7.22. The number of carbonyl (C=O) groups is 2. The first kappa shape index (κ1) is 20.3. The van der Waals surface area contributed by atoms with Crippen molar-refractivity contribution >= 4 is 11.9 Å². The topological polar surface area (TPSA) is 73.2 Å². The van der Waals surface area contributed by atoms with E-state index in [2.05, 4.69) is 10.4 Å². The largest absolute Gasteiger partial charge is 0.467 e. The van der Waals surface area contributed by atoms with Gasteiger partial charge >= 0.3 is 5.97 Å². The van der Waals surface area contributed by atoms with E-state index in [1.54, 1.807) is 10.9 Å². The van der Waals surface area contributed by atoms with Gasteiger partial charge in [0.1, 0.15) is 11.7 Å². The smallest absolute Gasteiger partial charge is 0.328 e. The van der Waals surface area contributed by atoms with Crippen molar-refractivity contribution in [3.05, 3.63) is 72.4 Å². The Balaban J connectivity index is 1.99. The van der Waals surface area contributed by atoms with Crippen LogP contribution in [0.4, 0.5) is 0 Å². The van der Waals surface area contributed by atoms with Gasteiger partial charge in [-0.2, -0.15) is 5.10 Å². The third kappa shape index (κ3) is 4.90. The Bertz CT molecular complexity index is 966. The van der Waals surface area contributed by atoms with Crippen LogP contribution in [0.5, 0.6) is 0 Å². The lowest BCUT2D eigenvalue weighted by Gasteiger charge is -2.18. The first-order valence-electron chi connectivity index (χ1n) is 9.58. The molecule has 0 fully saturated rings. The van der Waals surface area contributed by atoms with Gasteiger partial charge in [-0.15, -0.1) is 0 Å². The van der Waals surface area contributed by atoms with Gasteiger partial charge < -0.3 is 10.1 Å². The second-order valence-electron chi connectivity index (χ2n) is 7.22. The number of para-hydroxylation sites is 1. The molecule has 0 radical (unpaired) electrons. The number of nitrogens with one attached hydrogen (secondary N) is 1. The van der Waals surface area contributed by atoms with Gasteiger partial charge in [0.05, 0.1) is 18.4 Å². The van der Waals surface area contributed by atoms with E-state index < -0.39 is 12.0 Å². The van der Waals surface area contributed by atoms with Gasteiger partial charge in [0.15, 0.2) is 0 Å². The Morgan fingerprint density at radius 1 is 1.03 bits per heavy atom. The van der Waals surface area contributed by atoms with Crippen LogP contribution in [-0.2, 0) is 9.53 Å². The number of rotatable bonds is 7. The molecule has 3 rings (SSSR count). The predicted octanol–water partition coefficient (Wildman–Crippen LogP) is 3.86. The number of amides is 1. The van der Waals surface area contributed by atoms with Gasteiger partial charge in [0.25, 0.3) is 5.91 Å². The van der Waals surface area contributed by atoms with E-state index >= 15 is 0 Å². The van der Waals surface area contributed by atoms with Crippen molar-refractivity contribution in [1.82, 2.24) is 15.1 Å². The first-order valence-corrected chi connectivity index (χ1v) is 9.58. The summed E-state index contributed by atoms with van der Waals surface area (Å²) < 4.78 is 6.54. The van der Waals surface area contributed by atoms with Crippen LogP contribution in [0.2, 0.25) is 0 Å². The van der Waals surface area contributed by atoms with Crippen molar-refractivity contribution in [3.63, 3.8) is 0 Å². The number of aromatic nitrogens is 2. The highest BCUT2D eigenvalue weighted by molar-refractivity contribution is 6.01. The van der Waals surface area contributed by atoms with Crippen molar-refractivity contribution < 1.29 is 14.3 Å². The molecule has 0 aliphatic heterocycles. The Labute approximate surface area is 170 Å². The van der Waals surface area contributed by atoms with Crippen molar-refractivity contribution in [1.29, 1.82) is 0 Å². The zero-order chi connectivity index (χ0) is 20.8. The zero-order valence-corrected chi connectivity index (χ0v) is 16.8. The fourth-order valence-electron chi connectivity index (χ4n) is 3.13. The lowest BCUT2D eigenvalue weighted by atomic mass is 10.0. The van der Waals surface area contributed by atoms with Gasteiger partial charge in [-0.05, 0) is 24.5 Å². The minimum Gasteiger partial charge on any atom is -0.467 e. The molecule has 1 N–H and O–H groups in total. The predicted molar refractivity (Wildman–Crippen MR) is 112 cm³/mol. The average Bonchev–Trinajstić information content (AvgIpc) is 3.19. The Morgan fingerprint density at radius 3 is 2.24 bits per heavy atom. The highest BCUT2D eigenvalue weighted by Gasteiger charge is 2.26. The van der Waals surface area contributed by atoms with Crippen LogP contribution in [-0.4, -0.2) is 34.8 Å². The molecule has 3 aromatic rings. The van der Waals surface area contributed by atoms with Crippen LogP contribution in [0, 0.1) is 5.92 Å². The summed E-state index contributed by atoms with van der Waals surface area (Å²) in [6, 6.07) is 18.4. The molecule has 0 aliphatic carbocycles. The summed E-state index contributed by atoms with van der Waals surface area (Å²) in [5.41, 5.74) is 2.62. The van der Waals surface area contributed by atoms with Gasteiger partial charge in [0, 0.05) is 11.8 Å². The minimum atomic E-state index is -0.712. The summed E-state index contributed by atoms with van der Waals surface area (Å²) in [6.07, 6.45) is 2.18. The van der Waals surface area contributed by atoms with E-state index in [0.29, 0.717) is 17.7 Å². The van der Waals surface area contributed by atoms with Gasteiger partial charge in [-0.25, -0.2) is 9.48 Å². The lowest BCUT2D eigenvalue weighted by molar-refractivity contribution is -0.143. The fourth-order valence-corrected chi connectivity index (χ4v) is 3.13. The highest BCUT2D eigenvalue weighted by Crippen LogP contribution is 2.24. The summed E-state index contributed by atoms with van der Waals surface area (Å²) >= 11 is 0. The lowest BCUT2D eigenvalue weighted by Crippen LogP contribution is -2.42. The summed E-state index contributed by atoms with van der Waals surface area (Å²) in [6.45, 7) is 3.98. The number of nitrogens with zero attached hydrogens (tertiary/aromatic N) is 2. The van der Waals surface area contributed by atoms with E-state index in [-0.39, 0.29) is 11.8 Å². The molecule has 2 aromatic carbocycles. The SMILES string of the molecule is COC(=O)[C@@H](CC(C)C)NC(=O)c1cn(-c2ccccc2)nc1-c1ccccc1. The maximum atomic E-state index is 13.1. The van der Waals surface area contributed by atoms with Crippen molar-refractivity contribution in [2.45, 2.75) is 26.3 Å². The molecule has 1 atom stereocenters. The van der Waals surface area contributed by atoms with E-state index in [9.17, 15) is 9.59 Å². The van der Waals surface area contributed by atoms with Crippen molar-refractivity contribution in [2.75, 3.05) is 7.11 Å². The molecule has 6 heteroatoms.